The van der Waals surface area contributed by atoms with Crippen molar-refractivity contribution in [1.29, 1.82) is 0 Å². The Morgan fingerprint density at radius 2 is 1.30 bits per heavy atom. The molecule has 1 fully saturated rings. The minimum atomic E-state index is -0.613. The van der Waals surface area contributed by atoms with Gasteiger partial charge in [-0.05, 0) is 48.9 Å². The molecule has 4 nitrogen and oxygen atoms in total. The van der Waals surface area contributed by atoms with E-state index in [1.807, 2.05) is 12.4 Å². The van der Waals surface area contributed by atoms with Gasteiger partial charge in [-0.2, -0.15) is 0 Å². The summed E-state index contributed by atoms with van der Waals surface area (Å²) in [5.74, 6) is 0.183. The van der Waals surface area contributed by atoms with E-state index in [2.05, 4.69) is 131 Å². The van der Waals surface area contributed by atoms with Crippen LogP contribution in [0.5, 0.6) is 0 Å². The van der Waals surface area contributed by atoms with Gasteiger partial charge in [-0.1, -0.05) is 122 Å². The van der Waals surface area contributed by atoms with Crippen LogP contribution in [0.15, 0.2) is 128 Å². The molecule has 43 heavy (non-hydrogen) atoms. The zero-order chi connectivity index (χ0) is 29.2. The topological polar surface area (TPSA) is 39.8 Å². The smallest absolute Gasteiger partial charge is 0.165 e. The van der Waals surface area contributed by atoms with Crippen molar-refractivity contribution in [2.75, 3.05) is 0 Å². The van der Waals surface area contributed by atoms with Crippen LogP contribution in [0.25, 0.3) is 10.9 Å². The molecule has 4 heteroatoms. The first kappa shape index (κ1) is 27.2. The van der Waals surface area contributed by atoms with E-state index in [0.29, 0.717) is 18.9 Å². The molecule has 1 aliphatic rings. The SMILES string of the molecule is Cc1c(CCC(=O)c2cn(C3CCCC3)c3ccccc23)ncn1C(c1ccccc1)(c1ccccc1)c1ccccc1. The van der Waals surface area contributed by atoms with Crippen LogP contribution in [0.1, 0.15) is 76.6 Å². The molecule has 0 saturated heterocycles. The Kier molecular flexibility index (Phi) is 7.28. The third-order valence-electron chi connectivity index (χ3n) is 9.39. The highest BCUT2D eigenvalue weighted by atomic mass is 16.1. The number of imidazole rings is 1. The monoisotopic (exact) mass is 563 g/mol. The number of carbonyl (C=O) groups excluding carboxylic acids is 1. The predicted molar refractivity (Wildman–Crippen MR) is 174 cm³/mol. The maximum atomic E-state index is 13.8. The summed E-state index contributed by atoms with van der Waals surface area (Å²) >= 11 is 0. The lowest BCUT2D eigenvalue weighted by Gasteiger charge is -2.38. The molecule has 0 radical (unpaired) electrons. The molecule has 1 aliphatic carbocycles. The summed E-state index contributed by atoms with van der Waals surface area (Å²) in [6, 6.07) is 40.8. The van der Waals surface area contributed by atoms with E-state index in [9.17, 15) is 4.79 Å². The highest BCUT2D eigenvalue weighted by molar-refractivity contribution is 6.08. The molecular formula is C39H37N3O. The van der Waals surface area contributed by atoms with Crippen molar-refractivity contribution in [1.82, 2.24) is 14.1 Å². The number of Topliss-reactive ketones (excluding diaryl/α,β-unsaturated/α-hetero) is 1. The predicted octanol–water partition coefficient (Wildman–Crippen LogP) is 8.92. The van der Waals surface area contributed by atoms with Crippen molar-refractivity contribution in [3.8, 4) is 0 Å². The highest BCUT2D eigenvalue weighted by Gasteiger charge is 2.39. The summed E-state index contributed by atoms with van der Waals surface area (Å²) in [6.07, 6.45) is 10.0. The number of carbonyl (C=O) groups is 1. The van der Waals surface area contributed by atoms with Crippen LogP contribution in [-0.2, 0) is 12.0 Å². The van der Waals surface area contributed by atoms with Crippen molar-refractivity contribution >= 4 is 16.7 Å². The third kappa shape index (κ3) is 4.71. The van der Waals surface area contributed by atoms with Gasteiger partial charge < -0.3 is 9.13 Å². The van der Waals surface area contributed by atoms with Crippen LogP contribution in [0, 0.1) is 6.92 Å². The van der Waals surface area contributed by atoms with Crippen molar-refractivity contribution in [2.45, 2.75) is 57.0 Å². The molecule has 2 heterocycles. The average Bonchev–Trinajstić information content (AvgIpc) is 3.82. The maximum absolute atomic E-state index is 13.8. The van der Waals surface area contributed by atoms with Gasteiger partial charge in [0.05, 0.1) is 12.0 Å². The largest absolute Gasteiger partial charge is 0.344 e. The van der Waals surface area contributed by atoms with Crippen LogP contribution in [0.4, 0.5) is 0 Å². The lowest BCUT2D eigenvalue weighted by Crippen LogP contribution is -2.38. The summed E-state index contributed by atoms with van der Waals surface area (Å²) < 4.78 is 4.67. The van der Waals surface area contributed by atoms with Gasteiger partial charge in [0, 0.05) is 40.8 Å². The van der Waals surface area contributed by atoms with Gasteiger partial charge in [0.15, 0.2) is 5.78 Å². The molecule has 0 spiro atoms. The molecule has 0 unspecified atom stereocenters. The lowest BCUT2D eigenvalue weighted by molar-refractivity contribution is 0.0984. The Hall–Kier alpha value is -4.70. The number of benzene rings is 4. The number of para-hydroxylation sites is 1. The molecule has 0 bridgehead atoms. The number of aryl methyl sites for hydroxylation is 1. The molecule has 7 rings (SSSR count). The quantitative estimate of drug-likeness (QED) is 0.130. The minimum Gasteiger partial charge on any atom is -0.344 e. The second-order valence-electron chi connectivity index (χ2n) is 11.8. The van der Waals surface area contributed by atoms with Gasteiger partial charge in [0.25, 0.3) is 0 Å². The van der Waals surface area contributed by atoms with Crippen LogP contribution in [0.3, 0.4) is 0 Å². The van der Waals surface area contributed by atoms with E-state index < -0.39 is 5.54 Å². The van der Waals surface area contributed by atoms with Gasteiger partial charge >= 0.3 is 0 Å². The number of hydrogen-bond acceptors (Lipinski definition) is 2. The van der Waals surface area contributed by atoms with Crippen molar-refractivity contribution in [3.05, 3.63) is 161 Å². The van der Waals surface area contributed by atoms with Crippen LogP contribution < -0.4 is 0 Å². The normalized spacial score (nSPS) is 14.0. The first-order valence-electron chi connectivity index (χ1n) is 15.5. The Morgan fingerprint density at radius 1 is 0.767 bits per heavy atom. The van der Waals surface area contributed by atoms with E-state index in [4.69, 9.17) is 4.98 Å². The summed E-state index contributed by atoms with van der Waals surface area (Å²) in [4.78, 5) is 18.8. The average molecular weight is 564 g/mol. The van der Waals surface area contributed by atoms with E-state index in [1.165, 1.54) is 31.2 Å². The molecule has 0 aliphatic heterocycles. The highest BCUT2D eigenvalue weighted by Crippen LogP contribution is 2.42. The van der Waals surface area contributed by atoms with Crippen LogP contribution >= 0.6 is 0 Å². The number of ketones is 1. The van der Waals surface area contributed by atoms with Gasteiger partial charge in [-0.25, -0.2) is 4.98 Å². The molecular weight excluding hydrogens is 526 g/mol. The zero-order valence-electron chi connectivity index (χ0n) is 24.7. The van der Waals surface area contributed by atoms with Gasteiger partial charge in [-0.3, -0.25) is 4.79 Å². The molecule has 1 saturated carbocycles. The van der Waals surface area contributed by atoms with E-state index >= 15 is 0 Å². The summed E-state index contributed by atoms with van der Waals surface area (Å²) in [5.41, 5.74) is 6.92. The van der Waals surface area contributed by atoms with E-state index in [0.717, 1.165) is 39.0 Å². The van der Waals surface area contributed by atoms with Gasteiger partial charge in [-0.15, -0.1) is 0 Å². The third-order valence-corrected chi connectivity index (χ3v) is 9.39. The Balaban J connectivity index is 1.26. The minimum absolute atomic E-state index is 0.183. The fourth-order valence-corrected chi connectivity index (χ4v) is 7.26. The van der Waals surface area contributed by atoms with Crippen LogP contribution in [-0.4, -0.2) is 19.9 Å². The lowest BCUT2D eigenvalue weighted by atomic mass is 9.76. The first-order valence-corrected chi connectivity index (χ1v) is 15.5. The maximum Gasteiger partial charge on any atom is 0.165 e. The number of aromatic nitrogens is 3. The molecule has 0 atom stereocenters. The van der Waals surface area contributed by atoms with Gasteiger partial charge in [0.1, 0.15) is 5.54 Å². The second-order valence-corrected chi connectivity index (χ2v) is 11.8. The molecule has 2 aromatic heterocycles. The van der Waals surface area contributed by atoms with E-state index in [1.54, 1.807) is 0 Å². The molecule has 214 valence electrons. The molecule has 0 amide bonds. The Labute approximate surface area is 253 Å². The van der Waals surface area contributed by atoms with Gasteiger partial charge in [0.2, 0.25) is 0 Å². The number of nitrogens with zero attached hydrogens (tertiary/aromatic N) is 3. The Morgan fingerprint density at radius 3 is 1.88 bits per heavy atom. The zero-order valence-corrected chi connectivity index (χ0v) is 24.7. The molecule has 0 N–H and O–H groups in total. The summed E-state index contributed by atoms with van der Waals surface area (Å²) in [7, 11) is 0. The number of rotatable bonds is 9. The van der Waals surface area contributed by atoms with E-state index in [-0.39, 0.29) is 5.78 Å². The first-order chi connectivity index (χ1) is 21.2. The van der Waals surface area contributed by atoms with Crippen molar-refractivity contribution < 1.29 is 4.79 Å². The fraction of sp³-hybridized carbons (Fsp3) is 0.231. The molecule has 6 aromatic rings. The Bertz CT molecular complexity index is 1750. The summed E-state index contributed by atoms with van der Waals surface area (Å²) in [5, 5.41) is 1.07. The van der Waals surface area contributed by atoms with Crippen molar-refractivity contribution in [2.24, 2.45) is 0 Å². The summed E-state index contributed by atoms with van der Waals surface area (Å²) in [6.45, 7) is 2.14. The number of hydrogen-bond donors (Lipinski definition) is 0. The van der Waals surface area contributed by atoms with Crippen LogP contribution in [0.2, 0.25) is 0 Å². The van der Waals surface area contributed by atoms with Crippen molar-refractivity contribution in [3.63, 3.8) is 0 Å². The fourth-order valence-electron chi connectivity index (χ4n) is 7.26. The molecule has 4 aromatic carbocycles. The number of fused-ring (bicyclic) bond motifs is 1. The second kappa shape index (κ2) is 11.5. The standard InChI is InChI=1S/C39H37N3O/c1-29-36(25-26-38(43)35-27-41(33-21-11-12-22-33)37-24-14-13-23-34(35)37)40-28-42(29)39(30-15-5-2-6-16-30,31-17-7-3-8-18-31)32-19-9-4-10-20-32/h2-10,13-20,23-24,27-28,33H,11-12,21-22,25-26H2,1H3.